The van der Waals surface area contributed by atoms with Gasteiger partial charge in [-0.2, -0.15) is 0 Å². The van der Waals surface area contributed by atoms with Gasteiger partial charge in [0.1, 0.15) is 11.6 Å². The van der Waals surface area contributed by atoms with Crippen molar-refractivity contribution in [2.75, 3.05) is 46.6 Å². The number of fused-ring (bicyclic) bond motifs is 1. The first-order valence-electron chi connectivity index (χ1n) is 10.4. The molecule has 1 saturated heterocycles. The Bertz CT molecular complexity index is 583. The van der Waals surface area contributed by atoms with Crippen molar-refractivity contribution in [2.45, 2.75) is 51.5 Å². The standard InChI is InChI=1S/C19H34N6O2/c1-20-19(21-9-5-12-26-14-16-8-13-27-15-16)22-10-7-18-24-23-17-6-3-2-4-11-25(17)18/h16H,2-15H2,1H3,(H2,20,21,22). The van der Waals surface area contributed by atoms with E-state index in [0.29, 0.717) is 5.92 Å². The fraction of sp³-hybridized carbons (Fsp3) is 0.842. The predicted molar refractivity (Wildman–Crippen MR) is 105 cm³/mol. The van der Waals surface area contributed by atoms with Crippen LogP contribution < -0.4 is 10.6 Å². The van der Waals surface area contributed by atoms with E-state index in [2.05, 4.69) is 30.4 Å². The predicted octanol–water partition coefficient (Wildman–Crippen LogP) is 1.16. The van der Waals surface area contributed by atoms with E-state index in [1.165, 1.54) is 19.3 Å². The molecule has 8 heteroatoms. The van der Waals surface area contributed by atoms with Crippen molar-refractivity contribution in [3.63, 3.8) is 0 Å². The summed E-state index contributed by atoms with van der Waals surface area (Å²) < 4.78 is 13.4. The minimum absolute atomic E-state index is 0.583. The molecule has 1 fully saturated rings. The monoisotopic (exact) mass is 378 g/mol. The second-order valence-electron chi connectivity index (χ2n) is 7.33. The molecule has 0 spiro atoms. The van der Waals surface area contributed by atoms with Gasteiger partial charge in [0, 0.05) is 58.7 Å². The summed E-state index contributed by atoms with van der Waals surface area (Å²) in [5.74, 6) is 3.64. The number of ether oxygens (including phenoxy) is 2. The van der Waals surface area contributed by atoms with Crippen LogP contribution in [0.25, 0.3) is 0 Å². The second kappa shape index (κ2) is 11.2. The number of hydrogen-bond acceptors (Lipinski definition) is 5. The maximum absolute atomic E-state index is 5.73. The van der Waals surface area contributed by atoms with Crippen LogP contribution in [-0.4, -0.2) is 67.3 Å². The third-order valence-electron chi connectivity index (χ3n) is 5.19. The quantitative estimate of drug-likeness (QED) is 0.381. The maximum Gasteiger partial charge on any atom is 0.190 e. The van der Waals surface area contributed by atoms with Gasteiger partial charge in [0.15, 0.2) is 5.96 Å². The van der Waals surface area contributed by atoms with Crippen LogP contribution in [0.4, 0.5) is 0 Å². The van der Waals surface area contributed by atoms with Crippen molar-refractivity contribution in [2.24, 2.45) is 10.9 Å². The zero-order valence-corrected chi connectivity index (χ0v) is 16.6. The van der Waals surface area contributed by atoms with E-state index in [-0.39, 0.29) is 0 Å². The normalized spacial score (nSPS) is 20.3. The van der Waals surface area contributed by atoms with Crippen LogP contribution in [0.1, 0.15) is 43.8 Å². The minimum Gasteiger partial charge on any atom is -0.381 e. The van der Waals surface area contributed by atoms with Crippen molar-refractivity contribution >= 4 is 5.96 Å². The average molecular weight is 379 g/mol. The number of hydrogen-bond donors (Lipinski definition) is 2. The molecule has 1 aromatic rings. The summed E-state index contributed by atoms with van der Waals surface area (Å²) in [6.07, 6.45) is 7.75. The van der Waals surface area contributed by atoms with Crippen LogP contribution in [0.3, 0.4) is 0 Å². The Labute approximate surface area is 162 Å². The van der Waals surface area contributed by atoms with Gasteiger partial charge in [-0.05, 0) is 25.7 Å². The molecule has 1 atom stereocenters. The Kier molecular flexibility index (Phi) is 8.35. The van der Waals surface area contributed by atoms with Crippen LogP contribution in [-0.2, 0) is 28.9 Å². The Balaban J connectivity index is 1.27. The van der Waals surface area contributed by atoms with Crippen molar-refractivity contribution < 1.29 is 9.47 Å². The van der Waals surface area contributed by atoms with Crippen molar-refractivity contribution in [1.82, 2.24) is 25.4 Å². The zero-order valence-electron chi connectivity index (χ0n) is 16.6. The number of nitrogens with zero attached hydrogens (tertiary/aromatic N) is 4. The van der Waals surface area contributed by atoms with E-state index in [9.17, 15) is 0 Å². The summed E-state index contributed by atoms with van der Waals surface area (Å²) >= 11 is 0. The Morgan fingerprint density at radius 2 is 2.19 bits per heavy atom. The second-order valence-corrected chi connectivity index (χ2v) is 7.33. The first-order chi connectivity index (χ1) is 13.4. The summed E-state index contributed by atoms with van der Waals surface area (Å²) in [7, 11) is 1.80. The lowest BCUT2D eigenvalue weighted by Gasteiger charge is -2.13. The molecule has 3 rings (SSSR count). The molecule has 27 heavy (non-hydrogen) atoms. The van der Waals surface area contributed by atoms with Crippen LogP contribution in [0.2, 0.25) is 0 Å². The van der Waals surface area contributed by atoms with E-state index in [4.69, 9.17) is 9.47 Å². The van der Waals surface area contributed by atoms with Gasteiger partial charge in [0.2, 0.25) is 0 Å². The van der Waals surface area contributed by atoms with E-state index in [0.717, 1.165) is 89.4 Å². The maximum atomic E-state index is 5.73. The molecule has 0 aromatic carbocycles. The fourth-order valence-electron chi connectivity index (χ4n) is 3.59. The Morgan fingerprint density at radius 1 is 1.26 bits per heavy atom. The highest BCUT2D eigenvalue weighted by molar-refractivity contribution is 5.79. The van der Waals surface area contributed by atoms with Gasteiger partial charge < -0.3 is 24.7 Å². The minimum atomic E-state index is 0.583. The van der Waals surface area contributed by atoms with Crippen molar-refractivity contribution in [3.05, 3.63) is 11.6 Å². The molecular weight excluding hydrogens is 344 g/mol. The van der Waals surface area contributed by atoms with Gasteiger partial charge in [-0.1, -0.05) is 6.42 Å². The number of aromatic nitrogens is 3. The summed E-state index contributed by atoms with van der Waals surface area (Å²) in [4.78, 5) is 4.28. The van der Waals surface area contributed by atoms with E-state index < -0.39 is 0 Å². The molecule has 8 nitrogen and oxygen atoms in total. The van der Waals surface area contributed by atoms with E-state index in [1.807, 2.05) is 0 Å². The molecule has 0 radical (unpaired) electrons. The van der Waals surface area contributed by atoms with Gasteiger partial charge in [0.25, 0.3) is 0 Å². The van der Waals surface area contributed by atoms with E-state index in [1.54, 1.807) is 7.05 Å². The first-order valence-corrected chi connectivity index (χ1v) is 10.4. The summed E-state index contributed by atoms with van der Waals surface area (Å²) in [5, 5.41) is 15.4. The SMILES string of the molecule is CN=C(NCCCOCC1CCOC1)NCCc1nnc2n1CCCCC2. The zero-order chi connectivity index (χ0) is 18.7. The number of nitrogens with one attached hydrogen (secondary N) is 2. The molecule has 0 amide bonds. The highest BCUT2D eigenvalue weighted by atomic mass is 16.5. The largest absolute Gasteiger partial charge is 0.381 e. The topological polar surface area (TPSA) is 85.6 Å². The fourth-order valence-corrected chi connectivity index (χ4v) is 3.59. The smallest absolute Gasteiger partial charge is 0.190 e. The van der Waals surface area contributed by atoms with Gasteiger partial charge >= 0.3 is 0 Å². The van der Waals surface area contributed by atoms with Crippen LogP contribution in [0, 0.1) is 5.92 Å². The molecule has 2 N–H and O–H groups in total. The number of aryl methyl sites for hydroxylation is 1. The molecule has 0 aliphatic carbocycles. The molecular formula is C19H34N6O2. The molecule has 0 bridgehead atoms. The van der Waals surface area contributed by atoms with Gasteiger partial charge in [-0.3, -0.25) is 4.99 Å². The lowest BCUT2D eigenvalue weighted by Crippen LogP contribution is -2.39. The summed E-state index contributed by atoms with van der Waals surface area (Å²) in [6.45, 7) is 6.02. The van der Waals surface area contributed by atoms with Crippen LogP contribution in [0.5, 0.6) is 0 Å². The molecule has 2 aliphatic rings. The van der Waals surface area contributed by atoms with Gasteiger partial charge in [-0.25, -0.2) is 0 Å². The van der Waals surface area contributed by atoms with Crippen molar-refractivity contribution in [1.29, 1.82) is 0 Å². The van der Waals surface area contributed by atoms with Gasteiger partial charge in [0.05, 0.1) is 13.2 Å². The Hall–Kier alpha value is -1.67. The first kappa shape index (κ1) is 20.1. The third kappa shape index (κ3) is 6.46. The lowest BCUT2D eigenvalue weighted by molar-refractivity contribution is 0.0888. The highest BCUT2D eigenvalue weighted by Crippen LogP contribution is 2.14. The summed E-state index contributed by atoms with van der Waals surface area (Å²) in [6, 6.07) is 0. The lowest BCUT2D eigenvalue weighted by atomic mass is 10.1. The molecule has 1 unspecified atom stereocenters. The highest BCUT2D eigenvalue weighted by Gasteiger charge is 2.15. The third-order valence-corrected chi connectivity index (χ3v) is 5.19. The molecule has 2 aliphatic heterocycles. The molecule has 0 saturated carbocycles. The Morgan fingerprint density at radius 3 is 3.04 bits per heavy atom. The number of aliphatic imine (C=N–C) groups is 1. The van der Waals surface area contributed by atoms with Crippen molar-refractivity contribution in [3.8, 4) is 0 Å². The molecule has 1 aromatic heterocycles. The number of guanidine groups is 1. The number of rotatable bonds is 9. The van der Waals surface area contributed by atoms with Crippen LogP contribution >= 0.6 is 0 Å². The average Bonchev–Trinajstić information content (AvgIpc) is 3.27. The molecule has 152 valence electrons. The van der Waals surface area contributed by atoms with Gasteiger partial charge in [-0.15, -0.1) is 10.2 Å². The van der Waals surface area contributed by atoms with E-state index >= 15 is 0 Å². The van der Waals surface area contributed by atoms with Crippen LogP contribution in [0.15, 0.2) is 4.99 Å². The molecule has 3 heterocycles. The summed E-state index contributed by atoms with van der Waals surface area (Å²) in [5.41, 5.74) is 0.